The van der Waals surface area contributed by atoms with Gasteiger partial charge in [-0.05, 0) is 37.8 Å². The third kappa shape index (κ3) is 2.22. The molecule has 2 rings (SSSR count). The molecule has 0 unspecified atom stereocenters. The van der Waals surface area contributed by atoms with E-state index in [9.17, 15) is 4.79 Å². The number of hydrogen-bond acceptors (Lipinski definition) is 2. The van der Waals surface area contributed by atoms with Gasteiger partial charge in [-0.25, -0.2) is 4.79 Å². The normalized spacial score (nSPS) is 16.1. The molecule has 1 aromatic heterocycles. The van der Waals surface area contributed by atoms with E-state index in [0.717, 1.165) is 12.5 Å². The lowest BCUT2D eigenvalue weighted by atomic mass is 9.85. The third-order valence-electron chi connectivity index (χ3n) is 2.99. The minimum Gasteiger partial charge on any atom is -0.461 e. The Labute approximate surface area is 90.0 Å². The van der Waals surface area contributed by atoms with Crippen LogP contribution in [0.5, 0.6) is 0 Å². The molecule has 82 valence electrons. The first kappa shape index (κ1) is 10.3. The van der Waals surface area contributed by atoms with Crippen LogP contribution in [0.4, 0.5) is 0 Å². The summed E-state index contributed by atoms with van der Waals surface area (Å²) in [5.74, 6) is 0.549. The van der Waals surface area contributed by atoms with Crippen molar-refractivity contribution in [2.24, 2.45) is 5.92 Å². The monoisotopic (exact) mass is 207 g/mol. The fraction of sp³-hybridized carbons (Fsp3) is 0.583. The Morgan fingerprint density at radius 2 is 2.40 bits per heavy atom. The smallest absolute Gasteiger partial charge is 0.354 e. The quantitative estimate of drug-likeness (QED) is 0.710. The van der Waals surface area contributed by atoms with Gasteiger partial charge in [-0.15, -0.1) is 0 Å². The molecule has 0 spiro atoms. The summed E-state index contributed by atoms with van der Waals surface area (Å²) in [6, 6.07) is 3.74. The van der Waals surface area contributed by atoms with Crippen LogP contribution in [0.1, 0.15) is 36.7 Å². The van der Waals surface area contributed by atoms with Crippen molar-refractivity contribution in [1.29, 1.82) is 0 Å². The minimum absolute atomic E-state index is 0.207. The van der Waals surface area contributed by atoms with Crippen LogP contribution in [0.25, 0.3) is 0 Å². The zero-order valence-corrected chi connectivity index (χ0v) is 9.11. The molecule has 0 atom stereocenters. The fourth-order valence-electron chi connectivity index (χ4n) is 1.92. The Kier molecular flexibility index (Phi) is 3.09. The fourth-order valence-corrected chi connectivity index (χ4v) is 1.92. The summed E-state index contributed by atoms with van der Waals surface area (Å²) in [6.45, 7) is 3.23. The third-order valence-corrected chi connectivity index (χ3v) is 2.99. The van der Waals surface area contributed by atoms with E-state index in [-0.39, 0.29) is 5.97 Å². The van der Waals surface area contributed by atoms with Gasteiger partial charge in [-0.3, -0.25) is 0 Å². The minimum atomic E-state index is -0.207. The van der Waals surface area contributed by atoms with Crippen LogP contribution in [0, 0.1) is 5.92 Å². The predicted molar refractivity (Wildman–Crippen MR) is 57.7 cm³/mol. The van der Waals surface area contributed by atoms with Gasteiger partial charge in [0.15, 0.2) is 0 Å². The number of esters is 1. The topological polar surface area (TPSA) is 31.2 Å². The molecule has 3 nitrogen and oxygen atoms in total. The second kappa shape index (κ2) is 4.51. The molecule has 3 heteroatoms. The van der Waals surface area contributed by atoms with Crippen molar-refractivity contribution in [3.05, 3.63) is 24.0 Å². The highest BCUT2D eigenvalue weighted by Gasteiger charge is 2.20. The van der Waals surface area contributed by atoms with E-state index in [1.54, 1.807) is 0 Å². The lowest BCUT2D eigenvalue weighted by molar-refractivity contribution is 0.0511. The first-order valence-corrected chi connectivity index (χ1v) is 5.63. The van der Waals surface area contributed by atoms with Gasteiger partial charge in [0.05, 0.1) is 6.61 Å². The molecule has 1 saturated carbocycles. The highest BCUT2D eigenvalue weighted by atomic mass is 16.5. The molecule has 0 radical (unpaired) electrons. The zero-order valence-electron chi connectivity index (χ0n) is 9.11. The Morgan fingerprint density at radius 3 is 3.00 bits per heavy atom. The molecule has 0 amide bonds. The molecule has 1 aliphatic rings. The number of rotatable bonds is 4. The number of aromatic nitrogens is 1. The van der Waals surface area contributed by atoms with Crippen LogP contribution in [0.3, 0.4) is 0 Å². The van der Waals surface area contributed by atoms with Crippen molar-refractivity contribution in [1.82, 2.24) is 4.57 Å². The van der Waals surface area contributed by atoms with Crippen molar-refractivity contribution in [2.45, 2.75) is 32.7 Å². The molecule has 0 aliphatic heterocycles. The Bertz CT molecular complexity index is 339. The van der Waals surface area contributed by atoms with Gasteiger partial charge in [-0.1, -0.05) is 6.42 Å². The molecule has 0 aromatic carbocycles. The van der Waals surface area contributed by atoms with Gasteiger partial charge in [0.1, 0.15) is 5.69 Å². The number of nitrogens with zero attached hydrogens (tertiary/aromatic N) is 1. The van der Waals surface area contributed by atoms with Crippen LogP contribution in [-0.4, -0.2) is 17.1 Å². The summed E-state index contributed by atoms with van der Waals surface area (Å²) in [7, 11) is 0. The molecular formula is C12H17NO2. The molecule has 15 heavy (non-hydrogen) atoms. The summed E-state index contributed by atoms with van der Waals surface area (Å²) < 4.78 is 7.02. The maximum Gasteiger partial charge on any atom is 0.354 e. The van der Waals surface area contributed by atoms with Gasteiger partial charge < -0.3 is 9.30 Å². The van der Waals surface area contributed by atoms with Crippen LogP contribution in [0.15, 0.2) is 18.3 Å². The second-order valence-electron chi connectivity index (χ2n) is 4.06. The van der Waals surface area contributed by atoms with Gasteiger partial charge in [0.25, 0.3) is 0 Å². The SMILES string of the molecule is CCOC(=O)c1cccn1CC1CCC1. The van der Waals surface area contributed by atoms with Crippen LogP contribution < -0.4 is 0 Å². The van der Waals surface area contributed by atoms with Crippen LogP contribution >= 0.6 is 0 Å². The Hall–Kier alpha value is -1.25. The van der Waals surface area contributed by atoms with E-state index in [1.165, 1.54) is 19.3 Å². The Balaban J connectivity index is 2.03. The first-order valence-electron chi connectivity index (χ1n) is 5.63. The van der Waals surface area contributed by atoms with E-state index in [2.05, 4.69) is 0 Å². The molecule has 1 aliphatic carbocycles. The zero-order chi connectivity index (χ0) is 10.7. The van der Waals surface area contributed by atoms with E-state index in [4.69, 9.17) is 4.74 Å². The number of hydrogen-bond donors (Lipinski definition) is 0. The summed E-state index contributed by atoms with van der Waals surface area (Å²) in [5, 5.41) is 0. The van der Waals surface area contributed by atoms with Crippen LogP contribution in [-0.2, 0) is 11.3 Å². The molecule has 0 N–H and O–H groups in total. The van der Waals surface area contributed by atoms with Crippen molar-refractivity contribution in [2.75, 3.05) is 6.61 Å². The Morgan fingerprint density at radius 1 is 1.60 bits per heavy atom. The maximum absolute atomic E-state index is 11.6. The van der Waals surface area contributed by atoms with Crippen molar-refractivity contribution >= 4 is 5.97 Å². The molecule has 0 saturated heterocycles. The highest BCUT2D eigenvalue weighted by molar-refractivity contribution is 5.87. The molecule has 1 heterocycles. The van der Waals surface area contributed by atoms with E-state index in [1.807, 2.05) is 29.8 Å². The van der Waals surface area contributed by atoms with Crippen molar-refractivity contribution in [3.63, 3.8) is 0 Å². The average molecular weight is 207 g/mol. The maximum atomic E-state index is 11.6. The summed E-state index contributed by atoms with van der Waals surface area (Å²) >= 11 is 0. The lowest BCUT2D eigenvalue weighted by Crippen LogP contribution is -2.20. The van der Waals surface area contributed by atoms with Crippen LogP contribution in [0.2, 0.25) is 0 Å². The number of carbonyl (C=O) groups is 1. The van der Waals surface area contributed by atoms with Gasteiger partial charge in [-0.2, -0.15) is 0 Å². The molecular weight excluding hydrogens is 190 g/mol. The second-order valence-corrected chi connectivity index (χ2v) is 4.06. The molecule has 0 bridgehead atoms. The number of carbonyl (C=O) groups excluding carboxylic acids is 1. The molecule has 1 aromatic rings. The molecule has 1 fully saturated rings. The highest BCUT2D eigenvalue weighted by Crippen LogP contribution is 2.28. The predicted octanol–water partition coefficient (Wildman–Crippen LogP) is 2.46. The van der Waals surface area contributed by atoms with Crippen molar-refractivity contribution < 1.29 is 9.53 Å². The summed E-state index contributed by atoms with van der Waals surface area (Å²) in [5.41, 5.74) is 0.684. The largest absolute Gasteiger partial charge is 0.461 e. The van der Waals surface area contributed by atoms with Crippen molar-refractivity contribution in [3.8, 4) is 0 Å². The summed E-state index contributed by atoms with van der Waals surface area (Å²) in [6.07, 6.45) is 5.88. The summed E-state index contributed by atoms with van der Waals surface area (Å²) in [4.78, 5) is 11.6. The van der Waals surface area contributed by atoms with Gasteiger partial charge in [0.2, 0.25) is 0 Å². The van der Waals surface area contributed by atoms with E-state index < -0.39 is 0 Å². The van der Waals surface area contributed by atoms with E-state index in [0.29, 0.717) is 12.3 Å². The lowest BCUT2D eigenvalue weighted by Gasteiger charge is -2.26. The van der Waals surface area contributed by atoms with E-state index >= 15 is 0 Å². The number of ether oxygens (including phenoxy) is 1. The first-order chi connectivity index (χ1) is 7.31. The standard InChI is InChI=1S/C12H17NO2/c1-2-15-12(14)11-7-4-8-13(11)9-10-5-3-6-10/h4,7-8,10H,2-3,5-6,9H2,1H3. The average Bonchev–Trinajstić information content (AvgIpc) is 2.59. The van der Waals surface area contributed by atoms with Gasteiger partial charge in [0, 0.05) is 12.7 Å². The van der Waals surface area contributed by atoms with Gasteiger partial charge >= 0.3 is 5.97 Å².